The fourth-order valence-corrected chi connectivity index (χ4v) is 3.63. The highest BCUT2D eigenvalue weighted by atomic mass is 35.5. The molecule has 0 amide bonds. The predicted molar refractivity (Wildman–Crippen MR) is 104 cm³/mol. The lowest BCUT2D eigenvalue weighted by Gasteiger charge is -2.37. The summed E-state index contributed by atoms with van der Waals surface area (Å²) in [6.07, 6.45) is 0. The Morgan fingerprint density at radius 3 is 2.68 bits per heavy atom. The predicted octanol–water partition coefficient (Wildman–Crippen LogP) is 3.28. The number of ether oxygens (including phenoxy) is 1. The number of fused-ring (bicyclic) bond motifs is 1. The van der Waals surface area contributed by atoms with E-state index in [4.69, 9.17) is 16.3 Å². The molecule has 2 heterocycles. The zero-order valence-electron chi connectivity index (χ0n) is 14.4. The Labute approximate surface area is 153 Å². The van der Waals surface area contributed by atoms with Crippen LogP contribution in [0.5, 0.6) is 5.75 Å². The molecule has 0 aromatic heterocycles. The molecule has 2 aromatic carbocycles. The zero-order valence-corrected chi connectivity index (χ0v) is 15.1. The Kier molecular flexibility index (Phi) is 4.59. The van der Waals surface area contributed by atoms with Crippen LogP contribution in [0.25, 0.3) is 0 Å². The number of nitrogens with zero attached hydrogens (tertiary/aromatic N) is 2. The van der Waals surface area contributed by atoms with Gasteiger partial charge in [-0.3, -0.25) is 10.4 Å². The summed E-state index contributed by atoms with van der Waals surface area (Å²) in [5, 5.41) is 6.32. The molecule has 4 rings (SSSR count). The summed E-state index contributed by atoms with van der Waals surface area (Å²) in [7, 11) is 0. The Hall–Kier alpha value is -2.11. The first-order chi connectivity index (χ1) is 12.2. The minimum Gasteiger partial charge on any atom is -0.487 e. The van der Waals surface area contributed by atoms with E-state index in [-0.39, 0.29) is 0 Å². The Morgan fingerprint density at radius 1 is 1.08 bits per heavy atom. The van der Waals surface area contributed by atoms with Gasteiger partial charge in [0.1, 0.15) is 12.3 Å². The fourth-order valence-electron chi connectivity index (χ4n) is 3.40. The van der Waals surface area contributed by atoms with Gasteiger partial charge >= 0.3 is 0 Å². The van der Waals surface area contributed by atoms with Gasteiger partial charge in [-0.15, -0.1) is 0 Å². The highest BCUT2D eigenvalue weighted by molar-refractivity contribution is 6.30. The van der Waals surface area contributed by atoms with Gasteiger partial charge in [0.15, 0.2) is 5.75 Å². The van der Waals surface area contributed by atoms with Gasteiger partial charge in [-0.25, -0.2) is 0 Å². The number of hydrazine groups is 1. The molecule has 1 fully saturated rings. The van der Waals surface area contributed by atoms with Gasteiger partial charge in [-0.1, -0.05) is 17.7 Å². The van der Waals surface area contributed by atoms with Crippen LogP contribution in [0.15, 0.2) is 36.4 Å². The molecule has 2 N–H and O–H groups in total. The largest absolute Gasteiger partial charge is 0.487 e. The van der Waals surface area contributed by atoms with Crippen molar-refractivity contribution in [3.63, 3.8) is 0 Å². The SMILES string of the molecule is Cc1cc(Cl)ccc1NN1CCOc2c(N3CCNCC3)cccc21. The Balaban J connectivity index is 1.63. The second-order valence-corrected chi connectivity index (χ2v) is 6.87. The van der Waals surface area contributed by atoms with E-state index < -0.39 is 0 Å². The number of hydrogen-bond acceptors (Lipinski definition) is 5. The van der Waals surface area contributed by atoms with Gasteiger partial charge < -0.3 is 15.0 Å². The number of rotatable bonds is 3. The third-order valence-corrected chi connectivity index (χ3v) is 4.96. The molecule has 6 heteroatoms. The molecule has 5 nitrogen and oxygen atoms in total. The minimum atomic E-state index is 0.662. The number of halogens is 1. The molecule has 2 aromatic rings. The van der Waals surface area contributed by atoms with Gasteiger partial charge in [0.2, 0.25) is 0 Å². The maximum Gasteiger partial charge on any atom is 0.167 e. The van der Waals surface area contributed by atoms with E-state index in [9.17, 15) is 0 Å². The van der Waals surface area contributed by atoms with E-state index >= 15 is 0 Å². The van der Waals surface area contributed by atoms with Crippen molar-refractivity contribution < 1.29 is 4.74 Å². The topological polar surface area (TPSA) is 39.8 Å². The first-order valence-corrected chi connectivity index (χ1v) is 9.12. The molecule has 0 unspecified atom stereocenters. The lowest BCUT2D eigenvalue weighted by Crippen LogP contribution is -2.44. The standard InChI is InChI=1S/C19H23ClN4O/c1-14-13-15(20)5-6-16(14)22-24-11-12-25-19-17(3-2-4-18(19)24)23-9-7-21-8-10-23/h2-6,13,21-22H,7-12H2,1H3. The lowest BCUT2D eigenvalue weighted by atomic mass is 10.2. The lowest BCUT2D eigenvalue weighted by molar-refractivity contribution is 0.311. The second kappa shape index (κ2) is 7.02. The van der Waals surface area contributed by atoms with Crippen molar-refractivity contribution in [3.8, 4) is 5.75 Å². The summed E-state index contributed by atoms with van der Waals surface area (Å²) in [5.41, 5.74) is 7.97. The monoisotopic (exact) mass is 358 g/mol. The third kappa shape index (κ3) is 3.34. The number of benzene rings is 2. The third-order valence-electron chi connectivity index (χ3n) is 4.73. The number of anilines is 3. The van der Waals surface area contributed by atoms with Crippen molar-refractivity contribution in [1.82, 2.24) is 5.32 Å². The smallest absolute Gasteiger partial charge is 0.167 e. The number of para-hydroxylation sites is 1. The van der Waals surface area contributed by atoms with Crippen LogP contribution < -0.4 is 25.4 Å². The molecule has 0 spiro atoms. The average Bonchev–Trinajstić information content (AvgIpc) is 2.64. The van der Waals surface area contributed by atoms with Crippen molar-refractivity contribution in [2.45, 2.75) is 6.92 Å². The van der Waals surface area contributed by atoms with Gasteiger partial charge in [0, 0.05) is 31.2 Å². The normalized spacial score (nSPS) is 17.0. The maximum absolute atomic E-state index is 6.08. The second-order valence-electron chi connectivity index (χ2n) is 6.43. The minimum absolute atomic E-state index is 0.662. The van der Waals surface area contributed by atoms with Gasteiger partial charge in [-0.05, 0) is 42.8 Å². The zero-order chi connectivity index (χ0) is 17.2. The van der Waals surface area contributed by atoms with Crippen LogP contribution in [0.1, 0.15) is 5.56 Å². The summed E-state index contributed by atoms with van der Waals surface area (Å²) < 4.78 is 6.06. The Bertz CT molecular complexity index is 761. The molecule has 2 aliphatic rings. The average molecular weight is 359 g/mol. The molecule has 132 valence electrons. The summed E-state index contributed by atoms with van der Waals surface area (Å²) in [4.78, 5) is 2.40. The van der Waals surface area contributed by atoms with E-state index in [0.29, 0.717) is 6.61 Å². The molecule has 1 saturated heterocycles. The summed E-state index contributed by atoms with van der Waals surface area (Å²) in [6, 6.07) is 12.3. The van der Waals surface area contributed by atoms with Crippen LogP contribution in [0.2, 0.25) is 5.02 Å². The number of piperazine rings is 1. The molecular weight excluding hydrogens is 336 g/mol. The number of nitrogens with one attached hydrogen (secondary N) is 2. The maximum atomic E-state index is 6.08. The van der Waals surface area contributed by atoms with Crippen LogP contribution in [0.4, 0.5) is 17.1 Å². The van der Waals surface area contributed by atoms with Crippen LogP contribution in [0.3, 0.4) is 0 Å². The van der Waals surface area contributed by atoms with Crippen molar-refractivity contribution in [2.75, 3.05) is 54.7 Å². The van der Waals surface area contributed by atoms with E-state index in [1.54, 1.807) is 0 Å². The molecule has 2 aliphatic heterocycles. The van der Waals surface area contributed by atoms with E-state index in [2.05, 4.69) is 45.8 Å². The van der Waals surface area contributed by atoms with E-state index in [1.165, 1.54) is 5.69 Å². The van der Waals surface area contributed by atoms with Crippen LogP contribution in [0, 0.1) is 6.92 Å². The first-order valence-electron chi connectivity index (χ1n) is 8.74. The van der Waals surface area contributed by atoms with Crippen molar-refractivity contribution in [3.05, 3.63) is 47.0 Å². The van der Waals surface area contributed by atoms with Crippen molar-refractivity contribution >= 4 is 28.7 Å². The van der Waals surface area contributed by atoms with Gasteiger partial charge in [-0.2, -0.15) is 0 Å². The summed E-state index contributed by atoms with van der Waals surface area (Å²) >= 11 is 6.08. The van der Waals surface area contributed by atoms with Crippen molar-refractivity contribution in [1.29, 1.82) is 0 Å². The van der Waals surface area contributed by atoms with E-state index in [1.807, 2.05) is 18.2 Å². The molecule has 0 aliphatic carbocycles. The molecule has 0 bridgehead atoms. The Morgan fingerprint density at radius 2 is 1.88 bits per heavy atom. The van der Waals surface area contributed by atoms with Crippen LogP contribution in [-0.2, 0) is 0 Å². The molecule has 0 radical (unpaired) electrons. The first kappa shape index (κ1) is 16.4. The van der Waals surface area contributed by atoms with E-state index in [0.717, 1.165) is 60.4 Å². The van der Waals surface area contributed by atoms with Crippen molar-refractivity contribution in [2.24, 2.45) is 0 Å². The van der Waals surface area contributed by atoms with Gasteiger partial charge in [0.05, 0.1) is 17.9 Å². The highest BCUT2D eigenvalue weighted by Gasteiger charge is 2.24. The summed E-state index contributed by atoms with van der Waals surface area (Å²) in [6.45, 7) is 7.54. The van der Waals surface area contributed by atoms with Gasteiger partial charge in [0.25, 0.3) is 0 Å². The molecule has 0 saturated carbocycles. The fraction of sp³-hybridized carbons (Fsp3) is 0.368. The molecule has 0 atom stereocenters. The molecular formula is C19H23ClN4O. The quantitative estimate of drug-likeness (QED) is 0.881. The number of aryl methyl sites for hydroxylation is 1. The summed E-state index contributed by atoms with van der Waals surface area (Å²) in [5.74, 6) is 0.967. The van der Waals surface area contributed by atoms with Crippen LogP contribution in [-0.4, -0.2) is 39.3 Å². The molecule has 25 heavy (non-hydrogen) atoms. The number of hydrogen-bond donors (Lipinski definition) is 2. The van der Waals surface area contributed by atoms with Crippen LogP contribution >= 0.6 is 11.6 Å². The highest BCUT2D eigenvalue weighted by Crippen LogP contribution is 2.40.